The van der Waals surface area contributed by atoms with Crippen LogP contribution in [0.15, 0.2) is 6.07 Å². The molecule has 0 radical (unpaired) electrons. The first kappa shape index (κ1) is 13.9. The van der Waals surface area contributed by atoms with Gasteiger partial charge in [-0.1, -0.05) is 13.8 Å². The maximum absolute atomic E-state index is 12.6. The molecule has 1 fully saturated rings. The molecule has 0 aromatic carbocycles. The topological polar surface area (TPSA) is 72.1 Å². The van der Waals surface area contributed by atoms with Crippen molar-refractivity contribution in [3.8, 4) is 0 Å². The maximum atomic E-state index is 12.6. The molecule has 1 aliphatic rings. The molecule has 0 spiro atoms. The molecule has 2 N–H and O–H groups in total. The molecular formula is C14H22N4O. The highest BCUT2D eigenvalue weighted by atomic mass is 16.2. The van der Waals surface area contributed by atoms with E-state index in [9.17, 15) is 4.79 Å². The van der Waals surface area contributed by atoms with E-state index in [-0.39, 0.29) is 11.9 Å². The molecule has 104 valence electrons. The molecule has 5 heteroatoms. The van der Waals surface area contributed by atoms with Crippen LogP contribution in [0.5, 0.6) is 0 Å². The minimum atomic E-state index is 0.0635. The molecule has 1 saturated heterocycles. The van der Waals surface area contributed by atoms with Crippen LogP contribution in [0.1, 0.15) is 42.0 Å². The minimum absolute atomic E-state index is 0.0635. The summed E-state index contributed by atoms with van der Waals surface area (Å²) >= 11 is 0. The highest BCUT2D eigenvalue weighted by Crippen LogP contribution is 2.19. The number of nitrogens with zero attached hydrogens (tertiary/aromatic N) is 3. The SMILES string of the molecule is CCc1nnc(C)cc1C(=O)N1CCC(N)C(C)C1. The minimum Gasteiger partial charge on any atom is -0.338 e. The molecule has 2 rings (SSSR count). The van der Waals surface area contributed by atoms with Crippen molar-refractivity contribution < 1.29 is 4.79 Å². The second kappa shape index (κ2) is 5.65. The zero-order valence-corrected chi connectivity index (χ0v) is 11.9. The highest BCUT2D eigenvalue weighted by Gasteiger charge is 2.28. The number of likely N-dealkylation sites (tertiary alicyclic amines) is 1. The van der Waals surface area contributed by atoms with Crippen molar-refractivity contribution in [2.75, 3.05) is 13.1 Å². The van der Waals surface area contributed by atoms with Gasteiger partial charge in [0.1, 0.15) is 0 Å². The Morgan fingerprint density at radius 3 is 2.89 bits per heavy atom. The van der Waals surface area contributed by atoms with Crippen LogP contribution in [-0.4, -0.2) is 40.1 Å². The normalized spacial score (nSPS) is 23.5. The van der Waals surface area contributed by atoms with E-state index in [1.165, 1.54) is 0 Å². The fraction of sp³-hybridized carbons (Fsp3) is 0.643. The van der Waals surface area contributed by atoms with E-state index < -0.39 is 0 Å². The van der Waals surface area contributed by atoms with Crippen LogP contribution in [0.2, 0.25) is 0 Å². The van der Waals surface area contributed by atoms with Crippen molar-refractivity contribution in [1.82, 2.24) is 15.1 Å². The molecule has 0 saturated carbocycles. The van der Waals surface area contributed by atoms with E-state index in [1.54, 1.807) is 0 Å². The molecule has 5 nitrogen and oxygen atoms in total. The molecule has 1 amide bonds. The van der Waals surface area contributed by atoms with Gasteiger partial charge in [0.25, 0.3) is 5.91 Å². The number of rotatable bonds is 2. The van der Waals surface area contributed by atoms with E-state index in [0.717, 1.165) is 37.3 Å². The fourth-order valence-electron chi connectivity index (χ4n) is 2.48. The average Bonchev–Trinajstić information content (AvgIpc) is 2.41. The second-order valence-corrected chi connectivity index (χ2v) is 5.38. The number of hydrogen-bond acceptors (Lipinski definition) is 4. The van der Waals surface area contributed by atoms with E-state index >= 15 is 0 Å². The van der Waals surface area contributed by atoms with E-state index in [0.29, 0.717) is 11.5 Å². The highest BCUT2D eigenvalue weighted by molar-refractivity contribution is 5.95. The van der Waals surface area contributed by atoms with Gasteiger partial charge in [-0.05, 0) is 31.7 Å². The summed E-state index contributed by atoms with van der Waals surface area (Å²) in [6.45, 7) is 7.41. The number of hydrogen-bond donors (Lipinski definition) is 1. The molecule has 1 aromatic rings. The third kappa shape index (κ3) is 2.92. The summed E-state index contributed by atoms with van der Waals surface area (Å²) in [5, 5.41) is 8.15. The molecule has 2 unspecified atom stereocenters. The summed E-state index contributed by atoms with van der Waals surface area (Å²) < 4.78 is 0. The predicted octanol–water partition coefficient (Wildman–Crippen LogP) is 1.16. The Bertz CT molecular complexity index is 475. The van der Waals surface area contributed by atoms with Crippen LogP contribution in [0, 0.1) is 12.8 Å². The number of aryl methyl sites for hydroxylation is 2. The summed E-state index contributed by atoms with van der Waals surface area (Å²) in [6.07, 6.45) is 1.59. The summed E-state index contributed by atoms with van der Waals surface area (Å²) in [4.78, 5) is 14.5. The third-order valence-corrected chi connectivity index (χ3v) is 3.82. The Morgan fingerprint density at radius 2 is 2.26 bits per heavy atom. The van der Waals surface area contributed by atoms with Crippen molar-refractivity contribution in [2.24, 2.45) is 11.7 Å². The lowest BCUT2D eigenvalue weighted by atomic mass is 9.94. The van der Waals surface area contributed by atoms with Crippen LogP contribution in [0.3, 0.4) is 0 Å². The van der Waals surface area contributed by atoms with Gasteiger partial charge in [-0.2, -0.15) is 10.2 Å². The van der Waals surface area contributed by atoms with Gasteiger partial charge in [-0.3, -0.25) is 4.79 Å². The van der Waals surface area contributed by atoms with Gasteiger partial charge in [0, 0.05) is 19.1 Å². The standard InChI is InChI=1S/C14H22N4O/c1-4-13-11(7-10(3)16-17-13)14(19)18-6-5-12(15)9(2)8-18/h7,9,12H,4-6,8,15H2,1-3H3. The number of amides is 1. The maximum Gasteiger partial charge on any atom is 0.255 e. The lowest BCUT2D eigenvalue weighted by Crippen LogP contribution is -2.48. The first-order valence-corrected chi connectivity index (χ1v) is 6.91. The van der Waals surface area contributed by atoms with Gasteiger partial charge < -0.3 is 10.6 Å². The lowest BCUT2D eigenvalue weighted by Gasteiger charge is -2.35. The number of carbonyl (C=O) groups excluding carboxylic acids is 1. The quantitative estimate of drug-likeness (QED) is 0.868. The largest absolute Gasteiger partial charge is 0.338 e. The fourth-order valence-corrected chi connectivity index (χ4v) is 2.48. The molecule has 0 aliphatic carbocycles. The Labute approximate surface area is 114 Å². The number of aromatic nitrogens is 2. The van der Waals surface area contributed by atoms with Crippen molar-refractivity contribution in [1.29, 1.82) is 0 Å². The molecular weight excluding hydrogens is 240 g/mol. The monoisotopic (exact) mass is 262 g/mol. The van der Waals surface area contributed by atoms with Crippen LogP contribution in [0.4, 0.5) is 0 Å². The van der Waals surface area contributed by atoms with Crippen molar-refractivity contribution >= 4 is 5.91 Å². The van der Waals surface area contributed by atoms with Crippen LogP contribution in [-0.2, 0) is 6.42 Å². The third-order valence-electron chi connectivity index (χ3n) is 3.82. The van der Waals surface area contributed by atoms with Crippen molar-refractivity contribution in [3.63, 3.8) is 0 Å². The average molecular weight is 262 g/mol. The van der Waals surface area contributed by atoms with Crippen molar-refractivity contribution in [3.05, 3.63) is 23.0 Å². The smallest absolute Gasteiger partial charge is 0.255 e. The summed E-state index contributed by atoms with van der Waals surface area (Å²) in [5.74, 6) is 0.410. The zero-order valence-electron chi connectivity index (χ0n) is 11.9. The van der Waals surface area contributed by atoms with Crippen LogP contribution < -0.4 is 5.73 Å². The van der Waals surface area contributed by atoms with E-state index in [2.05, 4.69) is 17.1 Å². The van der Waals surface area contributed by atoms with Crippen LogP contribution in [0.25, 0.3) is 0 Å². The van der Waals surface area contributed by atoms with Crippen molar-refractivity contribution in [2.45, 2.75) is 39.7 Å². The predicted molar refractivity (Wildman–Crippen MR) is 73.8 cm³/mol. The first-order valence-electron chi connectivity index (χ1n) is 6.91. The van der Waals surface area contributed by atoms with Gasteiger partial charge in [-0.15, -0.1) is 0 Å². The second-order valence-electron chi connectivity index (χ2n) is 5.38. The Morgan fingerprint density at radius 1 is 1.53 bits per heavy atom. The first-order chi connectivity index (χ1) is 9.02. The van der Waals surface area contributed by atoms with E-state index in [1.807, 2.05) is 24.8 Å². The Hall–Kier alpha value is -1.49. The summed E-state index contributed by atoms with van der Waals surface area (Å²) in [5.41, 5.74) is 8.25. The van der Waals surface area contributed by atoms with E-state index in [4.69, 9.17) is 5.73 Å². The Balaban J connectivity index is 2.22. The number of piperidine rings is 1. The van der Waals surface area contributed by atoms with Gasteiger partial charge >= 0.3 is 0 Å². The molecule has 2 atom stereocenters. The number of carbonyl (C=O) groups is 1. The molecule has 19 heavy (non-hydrogen) atoms. The molecule has 1 aromatic heterocycles. The lowest BCUT2D eigenvalue weighted by molar-refractivity contribution is 0.0662. The Kier molecular flexibility index (Phi) is 4.14. The van der Waals surface area contributed by atoms with Gasteiger partial charge in [0.15, 0.2) is 0 Å². The van der Waals surface area contributed by atoms with Gasteiger partial charge in [-0.25, -0.2) is 0 Å². The van der Waals surface area contributed by atoms with Gasteiger partial charge in [0.2, 0.25) is 0 Å². The zero-order chi connectivity index (χ0) is 14.0. The summed E-state index contributed by atoms with van der Waals surface area (Å²) in [7, 11) is 0. The molecule has 1 aliphatic heterocycles. The summed E-state index contributed by atoms with van der Waals surface area (Å²) in [6, 6.07) is 2.04. The number of nitrogens with two attached hydrogens (primary N) is 1. The molecule has 0 bridgehead atoms. The molecule has 2 heterocycles. The van der Waals surface area contributed by atoms with Gasteiger partial charge in [0.05, 0.1) is 17.0 Å². The van der Waals surface area contributed by atoms with Crippen LogP contribution >= 0.6 is 0 Å².